The number of nitrogens with one attached hydrogen (secondary N) is 2. The first-order valence-corrected chi connectivity index (χ1v) is 13.9. The highest BCUT2D eigenvalue weighted by Gasteiger charge is 2.32. The minimum atomic E-state index is -3.28. The highest BCUT2D eigenvalue weighted by Crippen LogP contribution is 2.27. The van der Waals surface area contributed by atoms with Crippen molar-refractivity contribution in [1.29, 1.82) is 0 Å². The molecule has 190 valence electrons. The third-order valence-corrected chi connectivity index (χ3v) is 8.48. The van der Waals surface area contributed by atoms with Crippen LogP contribution in [-0.2, 0) is 19.5 Å². The number of benzene rings is 1. The van der Waals surface area contributed by atoms with Crippen LogP contribution in [0, 0.1) is 5.92 Å². The van der Waals surface area contributed by atoms with Gasteiger partial charge in [-0.3, -0.25) is 0 Å². The predicted octanol–water partition coefficient (Wildman–Crippen LogP) is 4.25. The van der Waals surface area contributed by atoms with E-state index in [1.807, 2.05) is 13.8 Å². The van der Waals surface area contributed by atoms with Crippen molar-refractivity contribution < 1.29 is 17.9 Å². The molecule has 7 nitrogen and oxygen atoms in total. The van der Waals surface area contributed by atoms with Gasteiger partial charge in [0.15, 0.2) is 0 Å². The van der Waals surface area contributed by atoms with Crippen molar-refractivity contribution >= 4 is 21.4 Å². The van der Waals surface area contributed by atoms with E-state index in [1.165, 1.54) is 5.69 Å². The van der Waals surface area contributed by atoms with Crippen LogP contribution in [0.3, 0.4) is 0 Å². The van der Waals surface area contributed by atoms with Crippen molar-refractivity contribution in [2.24, 2.45) is 5.92 Å². The Bertz CT molecular complexity index is 760. The molecular weight excluding hydrogens is 438 g/mol. The quantitative estimate of drug-likeness (QED) is 0.385. The maximum absolute atomic E-state index is 12.4. The third-order valence-electron chi connectivity index (χ3n) is 6.22. The molecule has 33 heavy (non-hydrogen) atoms. The standard InChI is InChI=1S/C25H45N3O4S/c1-6-31-18-16-28(17-19-32-7-2)24-14-12-22(13-15-24)26-20-21-8-10-23(11-9-21)27-33(29,30)25(3,4)5/h12-15,21,23,26-27H,6-11,16-20H2,1-5H3. The van der Waals surface area contributed by atoms with Crippen LogP contribution in [0.15, 0.2) is 24.3 Å². The van der Waals surface area contributed by atoms with Crippen LogP contribution < -0.4 is 14.9 Å². The molecule has 0 radical (unpaired) electrons. The van der Waals surface area contributed by atoms with Gasteiger partial charge in [-0.05, 0) is 90.5 Å². The number of ether oxygens (including phenoxy) is 2. The monoisotopic (exact) mass is 483 g/mol. The molecule has 1 aromatic carbocycles. The van der Waals surface area contributed by atoms with Crippen LogP contribution in [0.5, 0.6) is 0 Å². The zero-order valence-electron chi connectivity index (χ0n) is 21.2. The van der Waals surface area contributed by atoms with E-state index in [0.29, 0.717) is 19.1 Å². The summed E-state index contributed by atoms with van der Waals surface area (Å²) in [4.78, 5) is 2.30. The van der Waals surface area contributed by atoms with Crippen molar-refractivity contribution in [3.8, 4) is 0 Å². The average molecular weight is 484 g/mol. The van der Waals surface area contributed by atoms with Crippen LogP contribution in [0.1, 0.15) is 60.3 Å². The van der Waals surface area contributed by atoms with Gasteiger partial charge in [0, 0.05) is 50.3 Å². The zero-order valence-corrected chi connectivity index (χ0v) is 22.0. The summed E-state index contributed by atoms with van der Waals surface area (Å²) in [5.41, 5.74) is 2.29. The molecule has 2 rings (SSSR count). The molecule has 0 bridgehead atoms. The summed E-state index contributed by atoms with van der Waals surface area (Å²) in [6.07, 6.45) is 3.86. The van der Waals surface area contributed by atoms with Crippen LogP contribution in [-0.4, -0.2) is 65.3 Å². The normalized spacial score (nSPS) is 19.4. The summed E-state index contributed by atoms with van der Waals surface area (Å²) in [5, 5.41) is 3.57. The SMILES string of the molecule is CCOCCN(CCOCC)c1ccc(NCC2CCC(NS(=O)(=O)C(C)(C)C)CC2)cc1. The van der Waals surface area contributed by atoms with E-state index >= 15 is 0 Å². The summed E-state index contributed by atoms with van der Waals surface area (Å²) < 4.78 is 38.0. The Morgan fingerprint density at radius 1 is 0.939 bits per heavy atom. The zero-order chi connectivity index (χ0) is 24.3. The number of anilines is 2. The van der Waals surface area contributed by atoms with Gasteiger partial charge < -0.3 is 19.7 Å². The lowest BCUT2D eigenvalue weighted by Crippen LogP contribution is -2.46. The summed E-state index contributed by atoms with van der Waals surface area (Å²) in [6, 6.07) is 8.63. The molecule has 0 amide bonds. The number of rotatable bonds is 14. The van der Waals surface area contributed by atoms with Gasteiger partial charge in [-0.2, -0.15) is 0 Å². The van der Waals surface area contributed by atoms with E-state index in [9.17, 15) is 8.42 Å². The lowest BCUT2D eigenvalue weighted by molar-refractivity contribution is 0.141. The fourth-order valence-electron chi connectivity index (χ4n) is 3.94. The maximum atomic E-state index is 12.4. The molecule has 1 saturated carbocycles. The lowest BCUT2D eigenvalue weighted by Gasteiger charge is -2.31. The molecule has 0 heterocycles. The van der Waals surface area contributed by atoms with Gasteiger partial charge >= 0.3 is 0 Å². The van der Waals surface area contributed by atoms with Crippen molar-refractivity contribution in [3.05, 3.63) is 24.3 Å². The number of hydrogen-bond acceptors (Lipinski definition) is 6. The number of sulfonamides is 1. The molecule has 1 fully saturated rings. The van der Waals surface area contributed by atoms with Gasteiger partial charge in [-0.1, -0.05) is 0 Å². The molecule has 0 spiro atoms. The van der Waals surface area contributed by atoms with Gasteiger partial charge in [0.1, 0.15) is 0 Å². The highest BCUT2D eigenvalue weighted by molar-refractivity contribution is 7.90. The third kappa shape index (κ3) is 9.43. The molecular formula is C25H45N3O4S. The Balaban J connectivity index is 1.80. The number of hydrogen-bond donors (Lipinski definition) is 2. The van der Waals surface area contributed by atoms with Gasteiger partial charge in [0.2, 0.25) is 10.0 Å². The molecule has 0 unspecified atom stereocenters. The summed E-state index contributed by atoms with van der Waals surface area (Å²) >= 11 is 0. The Morgan fingerprint density at radius 2 is 1.48 bits per heavy atom. The van der Waals surface area contributed by atoms with Gasteiger partial charge in [0.05, 0.1) is 18.0 Å². The largest absolute Gasteiger partial charge is 0.385 e. The molecule has 2 N–H and O–H groups in total. The number of nitrogens with zero attached hydrogens (tertiary/aromatic N) is 1. The molecule has 0 saturated heterocycles. The van der Waals surface area contributed by atoms with Gasteiger partial charge in [-0.15, -0.1) is 0 Å². The van der Waals surface area contributed by atoms with E-state index in [2.05, 4.69) is 39.2 Å². The van der Waals surface area contributed by atoms with Crippen LogP contribution >= 0.6 is 0 Å². The first-order chi connectivity index (χ1) is 15.7. The highest BCUT2D eigenvalue weighted by atomic mass is 32.2. The van der Waals surface area contributed by atoms with E-state index < -0.39 is 14.8 Å². The molecule has 0 aliphatic heterocycles. The Kier molecular flexibility index (Phi) is 11.4. The Hall–Kier alpha value is -1.35. The summed E-state index contributed by atoms with van der Waals surface area (Å²) in [6.45, 7) is 14.7. The van der Waals surface area contributed by atoms with Gasteiger partial charge in [0.25, 0.3) is 0 Å². The summed E-state index contributed by atoms with van der Waals surface area (Å²) in [5.74, 6) is 0.564. The van der Waals surface area contributed by atoms with Crippen molar-refractivity contribution in [2.45, 2.75) is 71.1 Å². The first-order valence-electron chi connectivity index (χ1n) is 12.4. The van der Waals surface area contributed by atoms with E-state index in [1.54, 1.807) is 20.8 Å². The smallest absolute Gasteiger partial charge is 0.216 e. The molecule has 0 aromatic heterocycles. The van der Waals surface area contributed by atoms with E-state index in [0.717, 1.165) is 64.2 Å². The Morgan fingerprint density at radius 3 is 1.97 bits per heavy atom. The minimum Gasteiger partial charge on any atom is -0.385 e. The fourth-order valence-corrected chi connectivity index (χ4v) is 4.97. The second kappa shape index (κ2) is 13.5. The van der Waals surface area contributed by atoms with Crippen LogP contribution in [0.25, 0.3) is 0 Å². The maximum Gasteiger partial charge on any atom is 0.216 e. The molecule has 1 aromatic rings. The lowest BCUT2D eigenvalue weighted by atomic mass is 9.86. The molecule has 8 heteroatoms. The molecule has 0 atom stereocenters. The topological polar surface area (TPSA) is 79.9 Å². The van der Waals surface area contributed by atoms with E-state index in [-0.39, 0.29) is 6.04 Å². The second-order valence-corrected chi connectivity index (χ2v) is 12.2. The Labute approximate surface area is 201 Å². The average Bonchev–Trinajstić information content (AvgIpc) is 2.77. The van der Waals surface area contributed by atoms with E-state index in [4.69, 9.17) is 9.47 Å². The predicted molar refractivity (Wildman–Crippen MR) is 138 cm³/mol. The molecule has 1 aliphatic carbocycles. The molecule has 1 aliphatic rings. The summed E-state index contributed by atoms with van der Waals surface area (Å²) in [7, 11) is -3.28. The van der Waals surface area contributed by atoms with Gasteiger partial charge in [-0.25, -0.2) is 13.1 Å². The van der Waals surface area contributed by atoms with Crippen molar-refractivity contribution in [3.63, 3.8) is 0 Å². The van der Waals surface area contributed by atoms with Crippen LogP contribution in [0.4, 0.5) is 11.4 Å². The fraction of sp³-hybridized carbons (Fsp3) is 0.760. The van der Waals surface area contributed by atoms with Crippen LogP contribution in [0.2, 0.25) is 0 Å². The first kappa shape index (κ1) is 27.9. The van der Waals surface area contributed by atoms with Crippen molar-refractivity contribution in [2.75, 3.05) is 56.3 Å². The van der Waals surface area contributed by atoms with Crippen molar-refractivity contribution in [1.82, 2.24) is 4.72 Å². The minimum absolute atomic E-state index is 0.0594. The second-order valence-electron chi connectivity index (χ2n) is 9.76.